The van der Waals surface area contributed by atoms with E-state index in [0.29, 0.717) is 26.2 Å². The third kappa shape index (κ3) is 4.38. The van der Waals surface area contributed by atoms with E-state index in [0.717, 1.165) is 12.8 Å². The fraction of sp³-hybridized carbons (Fsp3) is 0.692. The lowest BCUT2D eigenvalue weighted by molar-refractivity contribution is -0.151. The van der Waals surface area contributed by atoms with Gasteiger partial charge in [-0.15, -0.1) is 6.42 Å². The molecule has 1 atom stereocenters. The summed E-state index contributed by atoms with van der Waals surface area (Å²) < 4.78 is 4.99. The molecule has 0 saturated carbocycles. The van der Waals surface area contributed by atoms with E-state index in [-0.39, 0.29) is 24.3 Å². The number of terminal acetylenes is 1. The van der Waals surface area contributed by atoms with Crippen LogP contribution in [0, 0.1) is 18.3 Å². The first-order chi connectivity index (χ1) is 8.69. The Hall–Kier alpha value is -1.54. The summed E-state index contributed by atoms with van der Waals surface area (Å²) in [6.07, 6.45) is 6.72. The van der Waals surface area contributed by atoms with E-state index >= 15 is 0 Å². The van der Waals surface area contributed by atoms with Crippen LogP contribution in [0.3, 0.4) is 0 Å². The van der Waals surface area contributed by atoms with Gasteiger partial charge in [0.15, 0.2) is 0 Å². The van der Waals surface area contributed by atoms with Gasteiger partial charge in [-0.3, -0.25) is 14.9 Å². The van der Waals surface area contributed by atoms with E-state index in [1.165, 1.54) is 0 Å². The molecule has 0 bridgehead atoms. The van der Waals surface area contributed by atoms with E-state index < -0.39 is 0 Å². The Morgan fingerprint density at radius 2 is 2.33 bits per heavy atom. The second-order valence-corrected chi connectivity index (χ2v) is 4.24. The van der Waals surface area contributed by atoms with Crippen LogP contribution in [0.15, 0.2) is 0 Å². The molecule has 5 nitrogen and oxygen atoms in total. The van der Waals surface area contributed by atoms with Crippen molar-refractivity contribution in [2.45, 2.75) is 19.8 Å². The molecule has 1 aliphatic rings. The van der Waals surface area contributed by atoms with Crippen LogP contribution in [0.4, 0.5) is 0 Å². The van der Waals surface area contributed by atoms with Gasteiger partial charge in [-0.2, -0.15) is 0 Å². The molecule has 0 aromatic carbocycles. The Kier molecular flexibility index (Phi) is 6.23. The summed E-state index contributed by atoms with van der Waals surface area (Å²) in [4.78, 5) is 25.2. The fourth-order valence-electron chi connectivity index (χ4n) is 2.01. The number of nitrogens with zero attached hydrogens (tertiary/aromatic N) is 1. The number of hydrogen-bond acceptors (Lipinski definition) is 4. The Morgan fingerprint density at radius 3 is 3.00 bits per heavy atom. The summed E-state index contributed by atoms with van der Waals surface area (Å²) in [6.45, 7) is 3.92. The Labute approximate surface area is 108 Å². The quantitative estimate of drug-likeness (QED) is 0.425. The number of likely N-dealkylation sites (tertiary alicyclic amines) is 1. The van der Waals surface area contributed by atoms with Crippen molar-refractivity contribution in [3.63, 3.8) is 0 Å². The molecule has 0 aromatic heterocycles. The summed E-state index contributed by atoms with van der Waals surface area (Å²) in [5.74, 6) is 2.01. The van der Waals surface area contributed by atoms with E-state index in [1.807, 2.05) is 0 Å². The first kappa shape index (κ1) is 14.5. The molecule has 1 unspecified atom stereocenters. The molecule has 1 N–H and O–H groups in total. The van der Waals surface area contributed by atoms with Gasteiger partial charge in [0, 0.05) is 13.1 Å². The lowest BCUT2D eigenvalue weighted by Crippen LogP contribution is -2.46. The number of nitrogens with one attached hydrogen (secondary N) is 1. The third-order valence-electron chi connectivity index (χ3n) is 2.90. The largest absolute Gasteiger partial charge is 0.466 e. The fourth-order valence-corrected chi connectivity index (χ4v) is 2.01. The molecule has 1 heterocycles. The van der Waals surface area contributed by atoms with E-state index in [2.05, 4.69) is 11.2 Å². The summed E-state index contributed by atoms with van der Waals surface area (Å²) in [7, 11) is 0. The number of amides is 1. The van der Waals surface area contributed by atoms with Crippen LogP contribution in [-0.4, -0.2) is 49.6 Å². The second-order valence-electron chi connectivity index (χ2n) is 4.24. The predicted octanol–water partition coefficient (Wildman–Crippen LogP) is 0.0109. The molecule has 100 valence electrons. The Bertz CT molecular complexity index is 336. The zero-order chi connectivity index (χ0) is 13.4. The van der Waals surface area contributed by atoms with Crippen molar-refractivity contribution in [1.82, 2.24) is 10.2 Å². The summed E-state index contributed by atoms with van der Waals surface area (Å²) in [5.41, 5.74) is 0. The van der Waals surface area contributed by atoms with Crippen LogP contribution in [0.25, 0.3) is 0 Å². The number of piperidine rings is 1. The molecule has 18 heavy (non-hydrogen) atoms. The Balaban J connectivity index is 2.40. The zero-order valence-electron chi connectivity index (χ0n) is 10.8. The molecule has 1 saturated heterocycles. The number of hydrogen-bond donors (Lipinski definition) is 1. The minimum Gasteiger partial charge on any atom is -0.466 e. The number of ether oxygens (including phenoxy) is 1. The molecule has 5 heteroatoms. The van der Waals surface area contributed by atoms with Gasteiger partial charge in [0.2, 0.25) is 5.91 Å². The molecule has 0 radical (unpaired) electrons. The number of carbonyl (C=O) groups is 2. The number of esters is 1. The van der Waals surface area contributed by atoms with Gasteiger partial charge in [0.1, 0.15) is 0 Å². The lowest BCUT2D eigenvalue weighted by atomic mass is 9.98. The first-order valence-electron chi connectivity index (χ1n) is 6.27. The molecule has 0 aliphatic carbocycles. The van der Waals surface area contributed by atoms with Crippen molar-refractivity contribution in [2.75, 3.05) is 32.8 Å². The molecule has 1 fully saturated rings. The first-order valence-corrected chi connectivity index (χ1v) is 6.27. The molecule has 1 aliphatic heterocycles. The minimum atomic E-state index is -0.202. The van der Waals surface area contributed by atoms with Crippen LogP contribution in [0.5, 0.6) is 0 Å². The summed E-state index contributed by atoms with van der Waals surface area (Å²) in [5, 5.41) is 2.86. The maximum absolute atomic E-state index is 11.8. The summed E-state index contributed by atoms with van der Waals surface area (Å²) >= 11 is 0. The molecular weight excluding hydrogens is 232 g/mol. The van der Waals surface area contributed by atoms with Crippen molar-refractivity contribution >= 4 is 11.9 Å². The van der Waals surface area contributed by atoms with Crippen LogP contribution < -0.4 is 5.32 Å². The van der Waals surface area contributed by atoms with Gasteiger partial charge in [0.25, 0.3) is 0 Å². The van der Waals surface area contributed by atoms with Crippen molar-refractivity contribution in [3.8, 4) is 12.3 Å². The van der Waals surface area contributed by atoms with E-state index in [4.69, 9.17) is 11.2 Å². The smallest absolute Gasteiger partial charge is 0.310 e. The van der Waals surface area contributed by atoms with Crippen molar-refractivity contribution < 1.29 is 14.3 Å². The zero-order valence-corrected chi connectivity index (χ0v) is 10.8. The van der Waals surface area contributed by atoms with Crippen molar-refractivity contribution in [1.29, 1.82) is 0 Å². The highest BCUT2D eigenvalue weighted by atomic mass is 16.5. The van der Waals surface area contributed by atoms with E-state index in [1.54, 1.807) is 11.8 Å². The standard InChI is InChI=1S/C13H20N2O3/c1-3-7-14-9-12(16)15-8-5-6-11(10-15)13(17)18-4-2/h1,11,14H,4-10H2,2H3. The summed E-state index contributed by atoms with van der Waals surface area (Å²) in [6, 6.07) is 0. The number of rotatable bonds is 5. The van der Waals surface area contributed by atoms with Crippen LogP contribution in [-0.2, 0) is 14.3 Å². The molecule has 0 spiro atoms. The highest BCUT2D eigenvalue weighted by Crippen LogP contribution is 2.17. The van der Waals surface area contributed by atoms with Gasteiger partial charge in [-0.25, -0.2) is 0 Å². The SMILES string of the molecule is C#CCNCC(=O)N1CCCC(C(=O)OCC)C1. The van der Waals surface area contributed by atoms with Crippen molar-refractivity contribution in [3.05, 3.63) is 0 Å². The average Bonchev–Trinajstić information content (AvgIpc) is 2.39. The van der Waals surface area contributed by atoms with Crippen LogP contribution in [0.2, 0.25) is 0 Å². The minimum absolute atomic E-state index is 0.0146. The second kappa shape index (κ2) is 7.72. The topological polar surface area (TPSA) is 58.6 Å². The normalized spacial score (nSPS) is 19.1. The maximum atomic E-state index is 11.8. The van der Waals surface area contributed by atoms with Gasteiger partial charge in [-0.1, -0.05) is 5.92 Å². The maximum Gasteiger partial charge on any atom is 0.310 e. The third-order valence-corrected chi connectivity index (χ3v) is 2.90. The molecule has 1 amide bonds. The lowest BCUT2D eigenvalue weighted by Gasteiger charge is -2.31. The van der Waals surface area contributed by atoms with Gasteiger partial charge in [0.05, 0.1) is 25.6 Å². The van der Waals surface area contributed by atoms with E-state index in [9.17, 15) is 9.59 Å². The Morgan fingerprint density at radius 1 is 1.56 bits per heavy atom. The van der Waals surface area contributed by atoms with Gasteiger partial charge >= 0.3 is 5.97 Å². The van der Waals surface area contributed by atoms with Gasteiger partial charge in [-0.05, 0) is 19.8 Å². The number of carbonyl (C=O) groups excluding carboxylic acids is 2. The highest BCUT2D eigenvalue weighted by molar-refractivity contribution is 5.80. The van der Waals surface area contributed by atoms with Crippen LogP contribution >= 0.6 is 0 Å². The molecular formula is C13H20N2O3. The van der Waals surface area contributed by atoms with Gasteiger partial charge < -0.3 is 9.64 Å². The van der Waals surface area contributed by atoms with Crippen molar-refractivity contribution in [2.24, 2.45) is 5.92 Å². The monoisotopic (exact) mass is 252 g/mol. The molecule has 0 aromatic rings. The average molecular weight is 252 g/mol. The van der Waals surface area contributed by atoms with Crippen LogP contribution in [0.1, 0.15) is 19.8 Å². The highest BCUT2D eigenvalue weighted by Gasteiger charge is 2.28. The molecule has 1 rings (SSSR count). The predicted molar refractivity (Wildman–Crippen MR) is 67.6 cm³/mol.